The van der Waals surface area contributed by atoms with E-state index in [1.54, 1.807) is 6.07 Å². The second-order valence-corrected chi connectivity index (χ2v) is 8.39. The molecule has 0 saturated carbocycles. The molecule has 2 heterocycles. The number of sulfone groups is 1. The summed E-state index contributed by atoms with van der Waals surface area (Å²) in [5.41, 5.74) is 3.17. The van der Waals surface area contributed by atoms with Gasteiger partial charge in [-0.1, -0.05) is 37.3 Å². The first-order valence-corrected chi connectivity index (χ1v) is 10.0. The van der Waals surface area contributed by atoms with E-state index in [1.807, 2.05) is 37.3 Å². The highest BCUT2D eigenvalue weighted by Crippen LogP contribution is 2.23. The number of pyridine rings is 1. The second-order valence-electron chi connectivity index (χ2n) is 6.46. The second kappa shape index (κ2) is 6.88. The van der Waals surface area contributed by atoms with Crippen molar-refractivity contribution in [3.63, 3.8) is 0 Å². The molecule has 1 aliphatic heterocycles. The summed E-state index contributed by atoms with van der Waals surface area (Å²) in [5, 5.41) is 0.0885. The summed E-state index contributed by atoms with van der Waals surface area (Å²) in [4.78, 5) is 20.7. The Bertz CT molecular complexity index is 934. The van der Waals surface area contributed by atoms with E-state index in [9.17, 15) is 13.2 Å². The highest BCUT2D eigenvalue weighted by molar-refractivity contribution is 8.06. The minimum atomic E-state index is -3.36. The minimum Gasteiger partial charge on any atom is -0.299 e. The van der Waals surface area contributed by atoms with Crippen LogP contribution in [0.1, 0.15) is 41.6 Å². The number of hydrogen-bond acceptors (Lipinski definition) is 5. The predicted molar refractivity (Wildman–Crippen MR) is 97.5 cm³/mol. The van der Waals surface area contributed by atoms with Crippen LogP contribution in [0.3, 0.4) is 0 Å². The van der Waals surface area contributed by atoms with Gasteiger partial charge in [-0.25, -0.2) is 8.42 Å². The number of rotatable bonds is 5. The Labute approximate surface area is 147 Å². The molecule has 1 aromatic carbocycles. The van der Waals surface area contributed by atoms with Gasteiger partial charge < -0.3 is 0 Å². The maximum Gasteiger partial charge on any atom is 0.193 e. The molecule has 1 atom stereocenters. The number of aliphatic imine (C=N–C) groups is 1. The molecule has 5 nitrogen and oxygen atoms in total. The molecule has 1 aliphatic rings. The van der Waals surface area contributed by atoms with E-state index in [2.05, 4.69) is 9.98 Å². The topological polar surface area (TPSA) is 76.5 Å². The van der Waals surface area contributed by atoms with Gasteiger partial charge in [-0.15, -0.1) is 0 Å². The standard InChI is InChI=1S/C19H20N2O3S/c1-13(14-6-4-3-5-7-14)8-17(22)10-16-9-15-11-21-19(25(2,23)24)18(15)12-20-16/h3-7,9,12-13H,8,10-11H2,1-2H3/t13-/m0/s1. The Balaban J connectivity index is 1.68. The molecule has 25 heavy (non-hydrogen) atoms. The van der Waals surface area contributed by atoms with Crippen molar-refractivity contribution in [3.05, 3.63) is 65.0 Å². The smallest absolute Gasteiger partial charge is 0.193 e. The average Bonchev–Trinajstić information content (AvgIpc) is 2.99. The van der Waals surface area contributed by atoms with Crippen LogP contribution >= 0.6 is 0 Å². The number of benzene rings is 1. The van der Waals surface area contributed by atoms with Crippen molar-refractivity contribution in [2.75, 3.05) is 6.26 Å². The first-order valence-electron chi connectivity index (χ1n) is 8.14. The highest BCUT2D eigenvalue weighted by atomic mass is 32.2. The van der Waals surface area contributed by atoms with Crippen LogP contribution < -0.4 is 0 Å². The SMILES string of the molecule is C[C@@H](CC(=O)Cc1cc2c(cn1)C(S(C)(=O)=O)=NC2)c1ccccc1. The third-order valence-corrected chi connectivity index (χ3v) is 5.35. The zero-order chi connectivity index (χ0) is 18.0. The Kier molecular flexibility index (Phi) is 4.81. The van der Waals surface area contributed by atoms with E-state index >= 15 is 0 Å². The lowest BCUT2D eigenvalue weighted by atomic mass is 9.94. The van der Waals surface area contributed by atoms with E-state index in [0.29, 0.717) is 24.2 Å². The van der Waals surface area contributed by atoms with Gasteiger partial charge >= 0.3 is 0 Å². The maximum absolute atomic E-state index is 12.4. The van der Waals surface area contributed by atoms with Gasteiger partial charge in [0.2, 0.25) is 0 Å². The third-order valence-electron chi connectivity index (χ3n) is 4.30. The van der Waals surface area contributed by atoms with Gasteiger partial charge in [0.25, 0.3) is 0 Å². The molecule has 0 N–H and O–H groups in total. The van der Waals surface area contributed by atoms with Gasteiger partial charge in [0, 0.05) is 36.6 Å². The summed E-state index contributed by atoms with van der Waals surface area (Å²) in [7, 11) is -3.36. The van der Waals surface area contributed by atoms with Crippen LogP contribution in [0.2, 0.25) is 0 Å². The summed E-state index contributed by atoms with van der Waals surface area (Å²) < 4.78 is 23.4. The van der Waals surface area contributed by atoms with E-state index in [-0.39, 0.29) is 23.2 Å². The summed E-state index contributed by atoms with van der Waals surface area (Å²) in [6, 6.07) is 11.7. The van der Waals surface area contributed by atoms with E-state index in [1.165, 1.54) is 6.20 Å². The molecule has 0 amide bonds. The van der Waals surface area contributed by atoms with Crippen molar-refractivity contribution in [1.29, 1.82) is 0 Å². The number of ketones is 1. The molecular weight excluding hydrogens is 336 g/mol. The van der Waals surface area contributed by atoms with Gasteiger partial charge in [0.05, 0.1) is 6.54 Å². The van der Waals surface area contributed by atoms with Gasteiger partial charge in [0.15, 0.2) is 14.9 Å². The largest absolute Gasteiger partial charge is 0.299 e. The number of carbonyl (C=O) groups is 1. The maximum atomic E-state index is 12.4. The normalized spacial score (nSPS) is 14.7. The van der Waals surface area contributed by atoms with E-state index in [4.69, 9.17) is 0 Å². The summed E-state index contributed by atoms with van der Waals surface area (Å²) in [6.45, 7) is 2.36. The Morgan fingerprint density at radius 2 is 1.96 bits per heavy atom. The highest BCUT2D eigenvalue weighted by Gasteiger charge is 2.25. The Morgan fingerprint density at radius 3 is 2.64 bits per heavy atom. The first-order chi connectivity index (χ1) is 11.8. The lowest BCUT2D eigenvalue weighted by molar-refractivity contribution is -0.118. The van der Waals surface area contributed by atoms with Crippen molar-refractivity contribution in [1.82, 2.24) is 4.98 Å². The molecule has 0 saturated heterocycles. The van der Waals surface area contributed by atoms with Gasteiger partial charge in [-0.05, 0) is 23.1 Å². The lowest BCUT2D eigenvalue weighted by Gasteiger charge is -2.11. The molecule has 1 aromatic heterocycles. The third kappa shape index (κ3) is 4.02. The first kappa shape index (κ1) is 17.5. The quantitative estimate of drug-likeness (QED) is 0.825. The lowest BCUT2D eigenvalue weighted by Crippen LogP contribution is -2.13. The van der Waals surface area contributed by atoms with Crippen molar-refractivity contribution in [2.45, 2.75) is 32.2 Å². The van der Waals surface area contributed by atoms with Crippen LogP contribution in [0.15, 0.2) is 47.6 Å². The summed E-state index contributed by atoms with van der Waals surface area (Å²) >= 11 is 0. The predicted octanol–water partition coefficient (Wildman–Crippen LogP) is 2.69. The number of hydrogen-bond donors (Lipinski definition) is 0. The monoisotopic (exact) mass is 356 g/mol. The number of carbonyl (C=O) groups excluding carboxylic acids is 1. The molecule has 0 radical (unpaired) electrons. The fourth-order valence-electron chi connectivity index (χ4n) is 3.04. The zero-order valence-electron chi connectivity index (χ0n) is 14.3. The fraction of sp³-hybridized carbons (Fsp3) is 0.316. The molecule has 0 bridgehead atoms. The summed E-state index contributed by atoms with van der Waals surface area (Å²) in [5.74, 6) is 0.273. The van der Waals surface area contributed by atoms with Gasteiger partial charge in [-0.2, -0.15) is 0 Å². The van der Waals surface area contributed by atoms with Crippen LogP contribution in [0.25, 0.3) is 0 Å². The minimum absolute atomic E-state index is 0.0885. The van der Waals surface area contributed by atoms with E-state index < -0.39 is 9.84 Å². The van der Waals surface area contributed by atoms with Gasteiger partial charge in [-0.3, -0.25) is 14.8 Å². The molecule has 0 fully saturated rings. The zero-order valence-corrected chi connectivity index (χ0v) is 15.1. The van der Waals surface area contributed by atoms with Crippen molar-refractivity contribution >= 4 is 20.7 Å². The molecule has 2 aromatic rings. The van der Waals surface area contributed by atoms with Gasteiger partial charge in [0.1, 0.15) is 5.78 Å². The molecule has 0 aliphatic carbocycles. The van der Waals surface area contributed by atoms with Crippen LogP contribution in [0.4, 0.5) is 0 Å². The number of nitrogens with zero attached hydrogens (tertiary/aromatic N) is 2. The van der Waals surface area contributed by atoms with Crippen molar-refractivity contribution in [2.24, 2.45) is 4.99 Å². The van der Waals surface area contributed by atoms with Crippen molar-refractivity contribution in [3.8, 4) is 0 Å². The van der Waals surface area contributed by atoms with E-state index in [0.717, 1.165) is 17.4 Å². The van der Waals surface area contributed by atoms with Crippen LogP contribution in [0.5, 0.6) is 0 Å². The van der Waals surface area contributed by atoms with Crippen molar-refractivity contribution < 1.29 is 13.2 Å². The van der Waals surface area contributed by atoms with Crippen LogP contribution in [-0.2, 0) is 27.6 Å². The Hall–Kier alpha value is -2.34. The molecule has 0 unspecified atom stereocenters. The molecule has 130 valence electrons. The fourth-order valence-corrected chi connectivity index (χ4v) is 3.92. The molecule has 3 rings (SSSR count). The molecular formula is C19H20N2O3S. The summed E-state index contributed by atoms with van der Waals surface area (Å²) in [6.07, 6.45) is 3.36. The number of aromatic nitrogens is 1. The number of Topliss-reactive ketones (excluding diaryl/α,β-unsaturated/α-hetero) is 1. The van der Waals surface area contributed by atoms with Crippen LogP contribution in [-0.4, -0.2) is 30.5 Å². The molecule has 0 spiro atoms. The number of fused-ring (bicyclic) bond motifs is 1. The average molecular weight is 356 g/mol. The Morgan fingerprint density at radius 1 is 1.24 bits per heavy atom. The van der Waals surface area contributed by atoms with Crippen LogP contribution in [0, 0.1) is 0 Å². The molecule has 6 heteroatoms.